The summed E-state index contributed by atoms with van der Waals surface area (Å²) in [5, 5.41) is 11.2. The fourth-order valence-corrected chi connectivity index (χ4v) is 5.29. The van der Waals surface area contributed by atoms with Gasteiger partial charge in [0, 0.05) is 35.1 Å². The second kappa shape index (κ2) is 13.7. The minimum atomic E-state index is -4.69. The van der Waals surface area contributed by atoms with Gasteiger partial charge in [-0.15, -0.1) is 0 Å². The Morgan fingerprint density at radius 3 is 2.40 bits per heavy atom. The summed E-state index contributed by atoms with van der Waals surface area (Å²) in [7, 11) is 1.51. The number of aryl methyl sites for hydroxylation is 1. The molecular formula is C31H33F3N7O4+. The van der Waals surface area contributed by atoms with Crippen molar-refractivity contribution < 1.29 is 36.7 Å². The molecule has 236 valence electrons. The first-order valence-electron chi connectivity index (χ1n) is 14.5. The van der Waals surface area contributed by atoms with Crippen LogP contribution in [-0.4, -0.2) is 34.3 Å². The van der Waals surface area contributed by atoms with E-state index in [9.17, 15) is 22.8 Å². The summed E-state index contributed by atoms with van der Waals surface area (Å²) in [6.07, 6.45) is 3.77. The van der Waals surface area contributed by atoms with E-state index in [-0.39, 0.29) is 35.5 Å². The molecule has 14 heteroatoms. The predicted octanol–water partition coefficient (Wildman–Crippen LogP) is 6.36. The Balaban J connectivity index is 1.19. The Hall–Kier alpha value is -5.01. The van der Waals surface area contributed by atoms with Crippen molar-refractivity contribution in [2.45, 2.75) is 58.2 Å². The number of alkyl halides is 3. The average molecular weight is 625 g/mol. The van der Waals surface area contributed by atoms with Crippen LogP contribution in [0.4, 0.5) is 35.2 Å². The number of methoxy groups -OCH3 is 1. The van der Waals surface area contributed by atoms with Crippen LogP contribution in [0.15, 0.2) is 59.4 Å². The smallest absolute Gasteiger partial charge is 0.416 e. The van der Waals surface area contributed by atoms with Crippen LogP contribution in [0.3, 0.4) is 0 Å². The van der Waals surface area contributed by atoms with E-state index >= 15 is 0 Å². The van der Waals surface area contributed by atoms with E-state index in [1.807, 2.05) is 31.2 Å². The van der Waals surface area contributed by atoms with Crippen molar-refractivity contribution in [2.75, 3.05) is 23.1 Å². The van der Waals surface area contributed by atoms with Gasteiger partial charge in [0.15, 0.2) is 0 Å². The number of aromatic nitrogens is 4. The van der Waals surface area contributed by atoms with Crippen molar-refractivity contribution in [1.29, 1.82) is 0 Å². The lowest BCUT2D eigenvalue weighted by Gasteiger charge is -2.21. The van der Waals surface area contributed by atoms with Crippen LogP contribution in [0, 0.1) is 12.8 Å². The fraction of sp³-hybridized carbons (Fsp3) is 0.355. The minimum Gasteiger partial charge on any atom is -0.467 e. The zero-order valence-electron chi connectivity index (χ0n) is 24.8. The fourth-order valence-electron chi connectivity index (χ4n) is 5.29. The lowest BCUT2D eigenvalue weighted by molar-refractivity contribution is -0.754. The quantitative estimate of drug-likeness (QED) is 0.185. The highest BCUT2D eigenvalue weighted by atomic mass is 19.4. The molecule has 2 heterocycles. The summed E-state index contributed by atoms with van der Waals surface area (Å²) >= 11 is 0. The van der Waals surface area contributed by atoms with Crippen LogP contribution >= 0.6 is 0 Å². The summed E-state index contributed by atoms with van der Waals surface area (Å²) in [5.74, 6) is -0.166. The van der Waals surface area contributed by atoms with Crippen LogP contribution in [0.25, 0.3) is 11.1 Å². The van der Waals surface area contributed by atoms with Crippen molar-refractivity contribution in [2.24, 2.45) is 5.92 Å². The average Bonchev–Trinajstić information content (AvgIpc) is 3.43. The zero-order chi connectivity index (χ0) is 32.0. The van der Waals surface area contributed by atoms with Gasteiger partial charge in [0.1, 0.15) is 0 Å². The second-order valence-corrected chi connectivity index (χ2v) is 10.9. The molecule has 4 aromatic rings. The SMILES string of the molecule is COc1ncc(-c2ccc(C[n+]3cc(NC(=O)Nc4cc(NC(=O)CC5CCCCC5)cc(C(F)(F)F)c4)on3)cc2)c(C)n1. The normalized spacial score (nSPS) is 13.7. The largest absolute Gasteiger partial charge is 0.467 e. The van der Waals surface area contributed by atoms with Crippen LogP contribution in [0.1, 0.15) is 55.3 Å². The molecule has 1 aliphatic rings. The number of ether oxygens (including phenoxy) is 1. The highest BCUT2D eigenvalue weighted by molar-refractivity contribution is 5.99. The van der Waals surface area contributed by atoms with Gasteiger partial charge < -0.3 is 15.4 Å². The number of halogens is 3. The first kappa shape index (κ1) is 31.4. The van der Waals surface area contributed by atoms with Crippen molar-refractivity contribution in [3.05, 3.63) is 71.7 Å². The van der Waals surface area contributed by atoms with E-state index in [0.717, 1.165) is 66.6 Å². The van der Waals surface area contributed by atoms with Crippen molar-refractivity contribution in [3.8, 4) is 17.1 Å². The number of carbonyl (C=O) groups is 2. The molecule has 45 heavy (non-hydrogen) atoms. The molecule has 3 amide bonds. The van der Waals surface area contributed by atoms with Gasteiger partial charge in [-0.1, -0.05) is 43.5 Å². The maximum atomic E-state index is 13.6. The third-order valence-corrected chi connectivity index (χ3v) is 7.50. The van der Waals surface area contributed by atoms with Gasteiger partial charge in [0.25, 0.3) is 6.20 Å². The lowest BCUT2D eigenvalue weighted by atomic mass is 9.87. The topological polar surface area (TPSA) is 135 Å². The maximum Gasteiger partial charge on any atom is 0.416 e. The molecule has 1 fully saturated rings. The van der Waals surface area contributed by atoms with E-state index < -0.39 is 17.8 Å². The summed E-state index contributed by atoms with van der Waals surface area (Å²) in [4.78, 5) is 33.6. The van der Waals surface area contributed by atoms with Gasteiger partial charge in [-0.25, -0.2) is 9.78 Å². The molecule has 0 atom stereocenters. The van der Waals surface area contributed by atoms with Gasteiger partial charge in [0.2, 0.25) is 17.7 Å². The molecule has 3 N–H and O–H groups in total. The highest BCUT2D eigenvalue weighted by Crippen LogP contribution is 2.34. The maximum absolute atomic E-state index is 13.6. The summed E-state index contributed by atoms with van der Waals surface area (Å²) in [6.45, 7) is 2.19. The first-order chi connectivity index (χ1) is 21.6. The van der Waals surface area contributed by atoms with Gasteiger partial charge in [-0.3, -0.25) is 14.6 Å². The highest BCUT2D eigenvalue weighted by Gasteiger charge is 2.32. The number of anilines is 3. The van der Waals surface area contributed by atoms with Crippen LogP contribution < -0.4 is 25.4 Å². The Morgan fingerprint density at radius 2 is 1.73 bits per heavy atom. The third-order valence-electron chi connectivity index (χ3n) is 7.50. The van der Waals surface area contributed by atoms with E-state index in [4.69, 9.17) is 9.26 Å². The predicted molar refractivity (Wildman–Crippen MR) is 158 cm³/mol. The van der Waals surface area contributed by atoms with E-state index in [1.54, 1.807) is 6.20 Å². The van der Waals surface area contributed by atoms with E-state index in [2.05, 4.69) is 31.2 Å². The monoisotopic (exact) mass is 624 g/mol. The van der Waals surface area contributed by atoms with Crippen LogP contribution in [-0.2, 0) is 17.5 Å². The van der Waals surface area contributed by atoms with Gasteiger partial charge in [-0.2, -0.15) is 18.2 Å². The Kier molecular flexibility index (Phi) is 9.59. The lowest BCUT2D eigenvalue weighted by Crippen LogP contribution is -2.35. The molecule has 0 saturated heterocycles. The standard InChI is InChI=1S/C31H32F3N7O4/c1-19-26(16-35-30(36-19)44-2)22-10-8-21(9-11-22)17-41-18-28(45-40-41)39-29(43)38-25-14-23(31(32,33)34)13-24(15-25)37-27(42)12-20-6-4-3-5-7-20/h8-11,13-16,18,20H,3-7,12,17H2,1-2H3,(H2-,37,38,39,40,42,43)/p+1. The zero-order valence-corrected chi connectivity index (χ0v) is 24.8. The Bertz CT molecular complexity index is 1650. The summed E-state index contributed by atoms with van der Waals surface area (Å²) in [5.41, 5.74) is 2.23. The molecule has 2 aromatic carbocycles. The summed E-state index contributed by atoms with van der Waals surface area (Å²) < 4.78 is 52.5. The number of amides is 3. The van der Waals surface area contributed by atoms with Gasteiger partial charge in [-0.05, 0) is 54.1 Å². The van der Waals surface area contributed by atoms with Crippen molar-refractivity contribution in [1.82, 2.24) is 15.2 Å². The number of hydrogen-bond donors (Lipinski definition) is 3. The number of benzene rings is 2. The second-order valence-electron chi connectivity index (χ2n) is 10.9. The molecule has 0 spiro atoms. The molecule has 0 unspecified atom stereocenters. The number of carbonyl (C=O) groups excluding carboxylic acids is 2. The van der Waals surface area contributed by atoms with Gasteiger partial charge in [0.05, 0.1) is 18.4 Å². The molecule has 5 rings (SSSR count). The van der Waals surface area contributed by atoms with Crippen LogP contribution in [0.2, 0.25) is 0 Å². The minimum absolute atomic E-state index is 0.0249. The van der Waals surface area contributed by atoms with Crippen LogP contribution in [0.5, 0.6) is 6.01 Å². The Morgan fingerprint density at radius 1 is 1.02 bits per heavy atom. The Labute approximate surface area is 257 Å². The third kappa shape index (κ3) is 8.55. The molecule has 0 bridgehead atoms. The molecule has 0 radical (unpaired) electrons. The van der Waals surface area contributed by atoms with Crippen molar-refractivity contribution in [3.63, 3.8) is 0 Å². The number of nitrogens with zero attached hydrogens (tertiary/aromatic N) is 4. The molecule has 1 aliphatic carbocycles. The number of rotatable bonds is 9. The summed E-state index contributed by atoms with van der Waals surface area (Å²) in [6, 6.07) is 10.0. The number of hydrogen-bond acceptors (Lipinski definition) is 7. The molecule has 2 aromatic heterocycles. The van der Waals surface area contributed by atoms with Gasteiger partial charge >= 0.3 is 24.1 Å². The molecular weight excluding hydrogens is 591 g/mol. The molecule has 0 aliphatic heterocycles. The number of nitrogens with one attached hydrogen (secondary N) is 3. The van der Waals surface area contributed by atoms with Crippen molar-refractivity contribution >= 4 is 29.2 Å². The van der Waals surface area contributed by atoms with E-state index in [1.165, 1.54) is 24.1 Å². The van der Waals surface area contributed by atoms with E-state index in [0.29, 0.717) is 12.6 Å². The number of urea groups is 1. The molecule has 1 saturated carbocycles. The molecule has 11 nitrogen and oxygen atoms in total. The first-order valence-corrected chi connectivity index (χ1v) is 14.5.